The number of hydrogen-bond donors (Lipinski definition) is 4. The predicted molar refractivity (Wildman–Crippen MR) is 147 cm³/mol. The van der Waals surface area contributed by atoms with Crippen molar-refractivity contribution < 1.29 is 23.6 Å². The van der Waals surface area contributed by atoms with E-state index >= 15 is 0 Å². The summed E-state index contributed by atoms with van der Waals surface area (Å²) in [5, 5.41) is 4.92. The van der Waals surface area contributed by atoms with Crippen LogP contribution in [0.2, 0.25) is 0 Å². The van der Waals surface area contributed by atoms with Crippen LogP contribution in [0.4, 0.5) is 4.39 Å². The van der Waals surface area contributed by atoms with Crippen LogP contribution in [0.1, 0.15) is 62.4 Å². The molecular formula is C25H40BrFN6O4. The first-order valence-corrected chi connectivity index (χ1v) is 13.1. The Hall–Kier alpha value is -3.02. The van der Waals surface area contributed by atoms with E-state index in [0.717, 1.165) is 23.0 Å². The van der Waals surface area contributed by atoms with E-state index in [9.17, 15) is 23.6 Å². The van der Waals surface area contributed by atoms with E-state index in [1.807, 2.05) is 6.92 Å². The molecule has 12 heteroatoms. The van der Waals surface area contributed by atoms with Gasteiger partial charge in [-0.25, -0.2) is 4.39 Å². The molecule has 1 unspecified atom stereocenters. The smallest absolute Gasteiger partial charge is 0.251 e. The Labute approximate surface area is 226 Å². The number of carbonyl (C=O) groups excluding carboxylic acids is 4. The van der Waals surface area contributed by atoms with Crippen molar-refractivity contribution in [2.45, 2.75) is 59.4 Å². The van der Waals surface area contributed by atoms with E-state index in [4.69, 9.17) is 11.5 Å². The number of Topliss-reactive ketones (excluding diaryl/α,β-unsaturated/α-hetero) is 1. The number of benzene rings is 1. The molecule has 208 valence electrons. The van der Waals surface area contributed by atoms with Crippen LogP contribution in [0.25, 0.3) is 0 Å². The van der Waals surface area contributed by atoms with Crippen molar-refractivity contribution in [3.05, 3.63) is 33.8 Å². The third-order valence-electron chi connectivity index (χ3n) is 4.84. The third kappa shape index (κ3) is 13.7. The average molecular weight is 588 g/mol. The van der Waals surface area contributed by atoms with E-state index in [2.05, 4.69) is 45.4 Å². The monoisotopic (exact) mass is 586 g/mol. The van der Waals surface area contributed by atoms with Crippen molar-refractivity contribution in [3.8, 4) is 0 Å². The fourth-order valence-electron chi connectivity index (χ4n) is 3.16. The van der Waals surface area contributed by atoms with Gasteiger partial charge in [0.25, 0.3) is 5.91 Å². The van der Waals surface area contributed by atoms with Gasteiger partial charge in [0, 0.05) is 23.1 Å². The van der Waals surface area contributed by atoms with Crippen LogP contribution < -0.4 is 22.1 Å². The van der Waals surface area contributed by atoms with Gasteiger partial charge in [-0.05, 0) is 49.9 Å². The Morgan fingerprint density at radius 1 is 1.14 bits per heavy atom. The van der Waals surface area contributed by atoms with E-state index in [1.54, 1.807) is 25.1 Å². The quantitative estimate of drug-likeness (QED) is 0.256. The summed E-state index contributed by atoms with van der Waals surface area (Å²) in [6.07, 6.45) is 3.35. The van der Waals surface area contributed by atoms with Gasteiger partial charge in [0.2, 0.25) is 11.8 Å². The number of nitrogens with zero attached hydrogens (tertiary/aromatic N) is 2. The first-order chi connectivity index (χ1) is 17.5. The zero-order chi connectivity index (χ0) is 28.4. The summed E-state index contributed by atoms with van der Waals surface area (Å²) in [5.74, 6) is -1.79. The highest BCUT2D eigenvalue weighted by atomic mass is 79.9. The maximum Gasteiger partial charge on any atom is 0.251 e. The van der Waals surface area contributed by atoms with Crippen molar-refractivity contribution in [2.24, 2.45) is 16.5 Å². The number of nitrogens with two attached hydrogens (primary N) is 2. The van der Waals surface area contributed by atoms with Crippen molar-refractivity contribution in [3.63, 3.8) is 0 Å². The molecule has 1 saturated heterocycles. The largest absolute Gasteiger partial charge is 0.370 e. The summed E-state index contributed by atoms with van der Waals surface area (Å²) in [6, 6.07) is 4.49. The predicted octanol–water partition coefficient (Wildman–Crippen LogP) is 2.22. The van der Waals surface area contributed by atoms with Crippen molar-refractivity contribution in [2.75, 3.05) is 32.9 Å². The number of carbonyl (C=O) groups is 4. The minimum absolute atomic E-state index is 0.182. The number of halogens is 2. The Kier molecular flexibility index (Phi) is 17.6. The zero-order valence-electron chi connectivity index (χ0n) is 22.1. The molecule has 1 fully saturated rings. The van der Waals surface area contributed by atoms with Gasteiger partial charge >= 0.3 is 0 Å². The molecule has 37 heavy (non-hydrogen) atoms. The highest BCUT2D eigenvalue weighted by Gasteiger charge is 2.34. The fraction of sp³-hybridized carbons (Fsp3) is 0.560. The minimum Gasteiger partial charge on any atom is -0.370 e. The zero-order valence-corrected chi connectivity index (χ0v) is 23.7. The topological polar surface area (TPSA) is 160 Å². The number of aliphatic imine (C=N–C) groups is 1. The van der Waals surface area contributed by atoms with Gasteiger partial charge in [0.15, 0.2) is 11.7 Å². The van der Waals surface area contributed by atoms with E-state index in [0.29, 0.717) is 24.9 Å². The molecule has 2 rings (SSSR count). The highest BCUT2D eigenvalue weighted by Crippen LogP contribution is 2.18. The minimum atomic E-state index is -1.14. The molecular weight excluding hydrogens is 547 g/mol. The van der Waals surface area contributed by atoms with Crippen LogP contribution >= 0.6 is 15.9 Å². The third-order valence-corrected chi connectivity index (χ3v) is 5.33. The SMILES string of the molecule is CCC.CCCN=C(N)N.Cc1cc(Br)ccc1C(=O)NCC(=O)N1CCCC1C(=O)NCC(=O)CF. The molecule has 1 atom stereocenters. The summed E-state index contributed by atoms with van der Waals surface area (Å²) in [4.78, 5) is 52.9. The number of alkyl halides is 1. The van der Waals surface area contributed by atoms with Crippen LogP contribution in [0.3, 0.4) is 0 Å². The van der Waals surface area contributed by atoms with Gasteiger partial charge in [0.05, 0.1) is 13.1 Å². The van der Waals surface area contributed by atoms with E-state index < -0.39 is 31.0 Å². The first kappa shape index (κ1) is 34.0. The van der Waals surface area contributed by atoms with Gasteiger partial charge in [0.1, 0.15) is 12.7 Å². The Balaban J connectivity index is 0.00000110. The maximum absolute atomic E-state index is 12.4. The number of rotatable bonds is 9. The molecule has 0 aromatic heterocycles. The number of likely N-dealkylation sites (tertiary alicyclic amines) is 1. The maximum atomic E-state index is 12.4. The second-order valence-corrected chi connectivity index (χ2v) is 9.21. The summed E-state index contributed by atoms with van der Waals surface area (Å²) in [6.45, 7) is 7.42. The van der Waals surface area contributed by atoms with Crippen LogP contribution in [0, 0.1) is 6.92 Å². The lowest BCUT2D eigenvalue weighted by atomic mass is 10.1. The van der Waals surface area contributed by atoms with Crippen LogP contribution in [0.5, 0.6) is 0 Å². The van der Waals surface area contributed by atoms with Gasteiger partial charge in [-0.3, -0.25) is 24.2 Å². The lowest BCUT2D eigenvalue weighted by Gasteiger charge is -2.24. The molecule has 1 aliphatic heterocycles. The number of amides is 3. The molecule has 6 N–H and O–H groups in total. The van der Waals surface area contributed by atoms with Crippen LogP contribution in [-0.4, -0.2) is 73.3 Å². The molecule has 3 amide bonds. The molecule has 10 nitrogen and oxygen atoms in total. The number of guanidine groups is 1. The van der Waals surface area contributed by atoms with Gasteiger partial charge in [-0.1, -0.05) is 43.1 Å². The number of aryl methyl sites for hydroxylation is 1. The normalized spacial score (nSPS) is 13.8. The summed E-state index contributed by atoms with van der Waals surface area (Å²) < 4.78 is 13.0. The summed E-state index contributed by atoms with van der Waals surface area (Å²) in [5.41, 5.74) is 11.2. The molecule has 0 saturated carbocycles. The van der Waals surface area contributed by atoms with Gasteiger partial charge in [-0.15, -0.1) is 0 Å². The second kappa shape index (κ2) is 19.1. The van der Waals surface area contributed by atoms with Crippen LogP contribution in [0.15, 0.2) is 27.7 Å². The molecule has 1 aromatic carbocycles. The van der Waals surface area contributed by atoms with E-state index in [-0.39, 0.29) is 24.3 Å². The average Bonchev–Trinajstić information content (AvgIpc) is 3.35. The summed E-state index contributed by atoms with van der Waals surface area (Å²) >= 11 is 3.33. The second-order valence-electron chi connectivity index (χ2n) is 8.29. The molecule has 0 spiro atoms. The molecule has 1 heterocycles. The fourth-order valence-corrected chi connectivity index (χ4v) is 3.64. The Morgan fingerprint density at radius 2 is 1.78 bits per heavy atom. The van der Waals surface area contributed by atoms with Crippen molar-refractivity contribution >= 4 is 45.4 Å². The molecule has 0 radical (unpaired) electrons. The van der Waals surface area contributed by atoms with Gasteiger partial charge in [-0.2, -0.15) is 0 Å². The van der Waals surface area contributed by atoms with Crippen molar-refractivity contribution in [1.29, 1.82) is 0 Å². The van der Waals surface area contributed by atoms with Crippen molar-refractivity contribution in [1.82, 2.24) is 15.5 Å². The molecule has 0 aliphatic carbocycles. The molecule has 0 bridgehead atoms. The molecule has 1 aliphatic rings. The standard InChI is InChI=1S/C18H21BrFN3O4.C4H11N3.C3H8/c1-11-7-12(19)4-5-14(11)17(26)22-10-16(25)23-6-2-3-15(23)18(27)21-9-13(24)8-20;1-2-3-7-4(5)6;1-3-2/h4-5,7,15H,2-3,6,8-10H2,1H3,(H,21,27)(H,22,26);2-3H2,1H3,(H4,5,6,7);3H2,1-2H3. The highest BCUT2D eigenvalue weighted by molar-refractivity contribution is 9.10. The Bertz CT molecular complexity index is 924. The van der Waals surface area contributed by atoms with Crippen LogP contribution in [-0.2, 0) is 14.4 Å². The van der Waals surface area contributed by atoms with Gasteiger partial charge < -0.3 is 27.0 Å². The number of ketones is 1. The van der Waals surface area contributed by atoms with E-state index in [1.165, 1.54) is 11.3 Å². The molecule has 1 aromatic rings. The number of hydrogen-bond acceptors (Lipinski definition) is 5. The first-order valence-electron chi connectivity index (χ1n) is 12.3. The Morgan fingerprint density at radius 3 is 2.30 bits per heavy atom. The number of nitrogens with one attached hydrogen (secondary N) is 2. The lowest BCUT2D eigenvalue weighted by Crippen LogP contribution is -2.49. The lowest BCUT2D eigenvalue weighted by molar-refractivity contribution is -0.138. The summed E-state index contributed by atoms with van der Waals surface area (Å²) in [7, 11) is 0.